The Morgan fingerprint density at radius 3 is 2.50 bits per heavy atom. The monoisotopic (exact) mass is 304 g/mol. The molecule has 6 unspecified atom stereocenters. The lowest BCUT2D eigenvalue weighted by Crippen LogP contribution is -2.62. The summed E-state index contributed by atoms with van der Waals surface area (Å²) in [6, 6.07) is 0. The standard InChI is InChI=1S/C20H32O2/c1-17(2)7-5-8-18(3)15(17)6-9-20-11-14(21)13(10-16(18)20)19(4,22)12-20/h10,13-15,21-22H,5-9,11-12H2,1-4H3. The number of aliphatic hydroxyl groups is 2. The fourth-order valence-electron chi connectivity index (χ4n) is 7.36. The maximum atomic E-state index is 10.8. The summed E-state index contributed by atoms with van der Waals surface area (Å²) in [5.74, 6) is 0.692. The van der Waals surface area contributed by atoms with Crippen LogP contribution in [0.3, 0.4) is 0 Å². The van der Waals surface area contributed by atoms with E-state index in [4.69, 9.17) is 0 Å². The van der Waals surface area contributed by atoms with E-state index in [-0.39, 0.29) is 22.9 Å². The minimum absolute atomic E-state index is 0.0648. The van der Waals surface area contributed by atoms with Gasteiger partial charge in [0.25, 0.3) is 0 Å². The van der Waals surface area contributed by atoms with Gasteiger partial charge in [-0.1, -0.05) is 38.8 Å². The second-order valence-corrected chi connectivity index (χ2v) is 10.0. The zero-order valence-electron chi connectivity index (χ0n) is 14.7. The van der Waals surface area contributed by atoms with Gasteiger partial charge in [-0.25, -0.2) is 0 Å². The second-order valence-electron chi connectivity index (χ2n) is 10.0. The molecule has 2 bridgehead atoms. The second kappa shape index (κ2) is 4.19. The van der Waals surface area contributed by atoms with E-state index in [1.165, 1.54) is 25.7 Å². The Morgan fingerprint density at radius 2 is 1.82 bits per heavy atom. The minimum Gasteiger partial charge on any atom is -0.392 e. The molecule has 0 amide bonds. The third kappa shape index (κ3) is 1.74. The molecule has 22 heavy (non-hydrogen) atoms. The highest BCUT2D eigenvalue weighted by Crippen LogP contribution is 2.70. The average molecular weight is 304 g/mol. The third-order valence-electron chi connectivity index (χ3n) is 8.10. The molecule has 0 saturated heterocycles. The number of hydrogen-bond donors (Lipinski definition) is 2. The van der Waals surface area contributed by atoms with Crippen LogP contribution in [0.2, 0.25) is 0 Å². The summed E-state index contributed by atoms with van der Waals surface area (Å²) in [7, 11) is 0. The predicted octanol–water partition coefficient (Wildman–Crippen LogP) is 4.06. The Balaban J connectivity index is 1.84. The fraction of sp³-hybridized carbons (Fsp3) is 0.900. The van der Waals surface area contributed by atoms with Crippen molar-refractivity contribution >= 4 is 0 Å². The first-order valence-electron chi connectivity index (χ1n) is 9.24. The molecule has 2 nitrogen and oxygen atoms in total. The van der Waals surface area contributed by atoms with Crippen LogP contribution in [0, 0.1) is 28.1 Å². The normalized spacial score (nSPS) is 56.1. The highest BCUT2D eigenvalue weighted by Gasteiger charge is 2.64. The molecule has 6 atom stereocenters. The Hall–Kier alpha value is -0.340. The third-order valence-corrected chi connectivity index (χ3v) is 8.10. The van der Waals surface area contributed by atoms with Crippen molar-refractivity contribution in [3.8, 4) is 0 Å². The lowest BCUT2D eigenvalue weighted by Gasteiger charge is -2.66. The molecule has 0 aromatic carbocycles. The number of hydrogen-bond acceptors (Lipinski definition) is 2. The zero-order valence-corrected chi connectivity index (χ0v) is 14.7. The van der Waals surface area contributed by atoms with Gasteiger partial charge in [-0.2, -0.15) is 0 Å². The van der Waals surface area contributed by atoms with E-state index in [0.717, 1.165) is 25.2 Å². The Labute approximate surface area is 135 Å². The van der Waals surface area contributed by atoms with Crippen LogP contribution in [0.25, 0.3) is 0 Å². The van der Waals surface area contributed by atoms with E-state index in [9.17, 15) is 10.2 Å². The molecule has 0 aliphatic heterocycles. The van der Waals surface area contributed by atoms with Crippen molar-refractivity contribution < 1.29 is 10.2 Å². The molecule has 0 heterocycles. The first kappa shape index (κ1) is 15.2. The molecule has 2 heteroatoms. The van der Waals surface area contributed by atoms with Crippen molar-refractivity contribution in [1.29, 1.82) is 0 Å². The van der Waals surface area contributed by atoms with Crippen molar-refractivity contribution in [3.05, 3.63) is 11.6 Å². The van der Waals surface area contributed by atoms with E-state index < -0.39 is 5.60 Å². The van der Waals surface area contributed by atoms with Gasteiger partial charge in [-0.05, 0) is 67.6 Å². The molecule has 0 aromatic heterocycles. The van der Waals surface area contributed by atoms with Crippen molar-refractivity contribution in [2.24, 2.45) is 28.1 Å². The topological polar surface area (TPSA) is 40.5 Å². The molecular formula is C20H32O2. The summed E-state index contributed by atoms with van der Waals surface area (Å²) in [4.78, 5) is 0. The van der Waals surface area contributed by atoms with Crippen LogP contribution in [0.4, 0.5) is 0 Å². The molecule has 1 spiro atoms. The van der Waals surface area contributed by atoms with Gasteiger partial charge >= 0.3 is 0 Å². The van der Waals surface area contributed by atoms with Crippen LogP contribution >= 0.6 is 0 Å². The van der Waals surface area contributed by atoms with Gasteiger partial charge in [0, 0.05) is 5.92 Å². The van der Waals surface area contributed by atoms with Gasteiger partial charge in [-0.15, -0.1) is 0 Å². The van der Waals surface area contributed by atoms with Gasteiger partial charge in [0.05, 0.1) is 11.7 Å². The quantitative estimate of drug-likeness (QED) is 0.663. The van der Waals surface area contributed by atoms with Gasteiger partial charge < -0.3 is 10.2 Å². The largest absolute Gasteiger partial charge is 0.392 e. The molecule has 2 N–H and O–H groups in total. The van der Waals surface area contributed by atoms with Gasteiger partial charge in [0.1, 0.15) is 0 Å². The molecule has 0 aromatic rings. The molecular weight excluding hydrogens is 272 g/mol. The van der Waals surface area contributed by atoms with E-state index in [1.54, 1.807) is 5.57 Å². The number of aliphatic hydroxyl groups excluding tert-OH is 1. The minimum atomic E-state index is -0.728. The number of allylic oxidation sites excluding steroid dienone is 1. The van der Waals surface area contributed by atoms with Gasteiger partial charge in [0.15, 0.2) is 0 Å². The first-order valence-corrected chi connectivity index (χ1v) is 9.24. The zero-order chi connectivity index (χ0) is 16.0. The average Bonchev–Trinajstić information content (AvgIpc) is 2.34. The fourth-order valence-corrected chi connectivity index (χ4v) is 7.36. The predicted molar refractivity (Wildman–Crippen MR) is 88.3 cm³/mol. The summed E-state index contributed by atoms with van der Waals surface area (Å²) in [5, 5.41) is 21.4. The highest BCUT2D eigenvalue weighted by molar-refractivity contribution is 5.37. The van der Waals surface area contributed by atoms with E-state index in [2.05, 4.69) is 26.8 Å². The maximum absolute atomic E-state index is 10.8. The molecule has 3 saturated carbocycles. The van der Waals surface area contributed by atoms with Crippen molar-refractivity contribution in [3.63, 3.8) is 0 Å². The molecule has 3 fully saturated rings. The number of fused-ring (bicyclic) bond motifs is 3. The van der Waals surface area contributed by atoms with Gasteiger partial charge in [0.2, 0.25) is 0 Å². The van der Waals surface area contributed by atoms with Crippen LogP contribution in [-0.2, 0) is 0 Å². The molecule has 5 rings (SSSR count). The van der Waals surface area contributed by atoms with E-state index in [1.807, 2.05) is 6.92 Å². The van der Waals surface area contributed by atoms with E-state index in [0.29, 0.717) is 5.41 Å². The summed E-state index contributed by atoms with van der Waals surface area (Å²) in [6.07, 6.45) is 10.1. The Bertz CT molecular complexity index is 532. The smallest absolute Gasteiger partial charge is 0.0715 e. The molecule has 0 radical (unpaired) electrons. The molecule has 5 aliphatic rings. The van der Waals surface area contributed by atoms with Crippen LogP contribution in [0.15, 0.2) is 11.6 Å². The van der Waals surface area contributed by atoms with Gasteiger partial charge in [-0.3, -0.25) is 0 Å². The highest BCUT2D eigenvalue weighted by atomic mass is 16.3. The number of rotatable bonds is 0. The lowest BCUT2D eigenvalue weighted by atomic mass is 9.39. The van der Waals surface area contributed by atoms with Crippen molar-refractivity contribution in [2.45, 2.75) is 84.3 Å². The van der Waals surface area contributed by atoms with Crippen LogP contribution in [0.1, 0.15) is 72.6 Å². The lowest BCUT2D eigenvalue weighted by molar-refractivity contribution is -0.152. The van der Waals surface area contributed by atoms with E-state index >= 15 is 0 Å². The molecule has 124 valence electrons. The molecule has 5 aliphatic carbocycles. The van der Waals surface area contributed by atoms with Crippen molar-refractivity contribution in [1.82, 2.24) is 0 Å². The SMILES string of the molecule is CC1(C)CCCC2(C)C3=CC4C(O)CC3(CCC12)CC4(C)O. The summed E-state index contributed by atoms with van der Waals surface area (Å²) < 4.78 is 0. The summed E-state index contributed by atoms with van der Waals surface area (Å²) in [5.41, 5.74) is 1.67. The Kier molecular flexibility index (Phi) is 2.89. The van der Waals surface area contributed by atoms with Crippen LogP contribution in [-0.4, -0.2) is 21.9 Å². The Morgan fingerprint density at radius 1 is 1.09 bits per heavy atom. The van der Waals surface area contributed by atoms with Crippen molar-refractivity contribution in [2.75, 3.05) is 0 Å². The summed E-state index contributed by atoms with van der Waals surface area (Å²) >= 11 is 0. The first-order chi connectivity index (χ1) is 10.1. The summed E-state index contributed by atoms with van der Waals surface area (Å²) in [6.45, 7) is 9.35. The maximum Gasteiger partial charge on any atom is 0.0715 e. The van der Waals surface area contributed by atoms with Crippen LogP contribution in [0.5, 0.6) is 0 Å². The van der Waals surface area contributed by atoms with Crippen LogP contribution < -0.4 is 0 Å².